The normalized spacial score (nSPS) is 15.0. The highest BCUT2D eigenvalue weighted by atomic mass is 16.2. The maximum atomic E-state index is 12.8. The summed E-state index contributed by atoms with van der Waals surface area (Å²) in [4.78, 5) is 42.3. The predicted octanol–water partition coefficient (Wildman–Crippen LogP) is 0.877. The smallest absolute Gasteiger partial charge is 0.264 e. The number of fused-ring (bicyclic) bond motifs is 1. The number of carbonyl (C=O) groups excluding carboxylic acids is 1. The molecular weight excluding hydrogens is 384 g/mol. The number of nitrogens with zero attached hydrogens (tertiary/aromatic N) is 8. The molecule has 3 aromatic rings. The molecular formula is C20H26N8O2. The van der Waals surface area contributed by atoms with Gasteiger partial charge >= 0.3 is 0 Å². The number of aromatic nitrogens is 6. The van der Waals surface area contributed by atoms with Crippen LogP contribution in [-0.4, -0.2) is 66.3 Å². The molecule has 0 saturated carbocycles. The molecule has 1 fully saturated rings. The zero-order valence-corrected chi connectivity index (χ0v) is 17.5. The Morgan fingerprint density at radius 3 is 2.43 bits per heavy atom. The Morgan fingerprint density at radius 2 is 1.77 bits per heavy atom. The summed E-state index contributed by atoms with van der Waals surface area (Å²) in [7, 11) is 0. The zero-order chi connectivity index (χ0) is 21.3. The van der Waals surface area contributed by atoms with Gasteiger partial charge in [0.1, 0.15) is 5.39 Å². The molecule has 0 aromatic carbocycles. The zero-order valence-electron chi connectivity index (χ0n) is 17.5. The van der Waals surface area contributed by atoms with Crippen LogP contribution in [0.15, 0.2) is 35.8 Å². The lowest BCUT2D eigenvalue weighted by atomic mass is 10.1. The SMILES string of the molecule is CC(C)(C)n1ncc2c(=O)n(CCC(=O)N3CCN(c4ncccn4)CC3)cnc21. The fourth-order valence-corrected chi connectivity index (χ4v) is 3.58. The molecule has 0 atom stereocenters. The standard InChI is InChI=1S/C20H26N8O2/c1-20(2,3)28-17-15(13-24-28)18(30)27(14-23-17)8-5-16(29)25-9-11-26(12-10-25)19-21-6-4-7-22-19/h4,6-7,13-14H,5,8-12H2,1-3H3. The van der Waals surface area contributed by atoms with Crippen molar-refractivity contribution in [2.24, 2.45) is 0 Å². The van der Waals surface area contributed by atoms with E-state index in [-0.39, 0.29) is 23.4 Å². The lowest BCUT2D eigenvalue weighted by Crippen LogP contribution is -2.49. The number of carbonyl (C=O) groups is 1. The van der Waals surface area contributed by atoms with Crippen LogP contribution in [0.3, 0.4) is 0 Å². The number of anilines is 1. The second kappa shape index (κ2) is 7.85. The third kappa shape index (κ3) is 3.89. The summed E-state index contributed by atoms with van der Waals surface area (Å²) in [6, 6.07) is 1.78. The largest absolute Gasteiger partial charge is 0.339 e. The lowest BCUT2D eigenvalue weighted by molar-refractivity contribution is -0.131. The first-order valence-electron chi connectivity index (χ1n) is 10.1. The molecule has 3 aromatic heterocycles. The fourth-order valence-electron chi connectivity index (χ4n) is 3.58. The summed E-state index contributed by atoms with van der Waals surface area (Å²) in [6.45, 7) is 8.93. The van der Waals surface area contributed by atoms with Crippen molar-refractivity contribution in [3.63, 3.8) is 0 Å². The Kier molecular flexibility index (Phi) is 5.23. The van der Waals surface area contributed by atoms with Crippen molar-refractivity contribution in [2.75, 3.05) is 31.1 Å². The minimum atomic E-state index is -0.268. The van der Waals surface area contributed by atoms with Crippen molar-refractivity contribution in [2.45, 2.75) is 39.3 Å². The van der Waals surface area contributed by atoms with Gasteiger partial charge in [-0.25, -0.2) is 19.6 Å². The highest BCUT2D eigenvalue weighted by Crippen LogP contribution is 2.17. The highest BCUT2D eigenvalue weighted by Gasteiger charge is 2.23. The van der Waals surface area contributed by atoms with E-state index in [2.05, 4.69) is 25.0 Å². The summed E-state index contributed by atoms with van der Waals surface area (Å²) >= 11 is 0. The predicted molar refractivity (Wildman–Crippen MR) is 112 cm³/mol. The van der Waals surface area contributed by atoms with Crippen LogP contribution >= 0.6 is 0 Å². The summed E-state index contributed by atoms with van der Waals surface area (Å²) in [5, 5.41) is 4.79. The van der Waals surface area contributed by atoms with Gasteiger partial charge in [-0.15, -0.1) is 0 Å². The average molecular weight is 410 g/mol. The van der Waals surface area contributed by atoms with Crippen LogP contribution in [0.5, 0.6) is 0 Å². The van der Waals surface area contributed by atoms with Crippen LogP contribution in [0.1, 0.15) is 27.2 Å². The van der Waals surface area contributed by atoms with E-state index in [4.69, 9.17) is 0 Å². The van der Waals surface area contributed by atoms with Crippen LogP contribution in [0.25, 0.3) is 11.0 Å². The molecule has 10 heteroatoms. The molecule has 10 nitrogen and oxygen atoms in total. The maximum Gasteiger partial charge on any atom is 0.264 e. The van der Waals surface area contributed by atoms with Gasteiger partial charge < -0.3 is 9.80 Å². The molecule has 4 heterocycles. The van der Waals surface area contributed by atoms with E-state index < -0.39 is 0 Å². The maximum absolute atomic E-state index is 12.8. The molecule has 1 aliphatic heterocycles. The van der Waals surface area contributed by atoms with Crippen molar-refractivity contribution in [3.05, 3.63) is 41.3 Å². The van der Waals surface area contributed by atoms with Gasteiger partial charge in [0, 0.05) is 51.5 Å². The fraction of sp³-hybridized carbons (Fsp3) is 0.500. The topological polar surface area (TPSA) is 102 Å². The molecule has 4 rings (SSSR count). The summed E-state index contributed by atoms with van der Waals surface area (Å²) in [5.41, 5.74) is 0.125. The van der Waals surface area contributed by atoms with Crippen LogP contribution in [0.2, 0.25) is 0 Å². The van der Waals surface area contributed by atoms with Gasteiger partial charge in [-0.3, -0.25) is 14.2 Å². The first kappa shape index (κ1) is 20.0. The van der Waals surface area contributed by atoms with Gasteiger partial charge in [-0.05, 0) is 26.8 Å². The summed E-state index contributed by atoms with van der Waals surface area (Å²) in [5.74, 6) is 0.715. The number of amides is 1. The van der Waals surface area contributed by atoms with E-state index in [0.29, 0.717) is 49.7 Å². The quantitative estimate of drug-likeness (QED) is 0.629. The van der Waals surface area contributed by atoms with Crippen LogP contribution in [0, 0.1) is 0 Å². The second-order valence-corrected chi connectivity index (χ2v) is 8.37. The van der Waals surface area contributed by atoms with E-state index >= 15 is 0 Å². The van der Waals surface area contributed by atoms with Crippen LogP contribution in [-0.2, 0) is 16.9 Å². The minimum absolute atomic E-state index is 0.0287. The van der Waals surface area contributed by atoms with Gasteiger partial charge in [0.25, 0.3) is 5.56 Å². The number of hydrogen-bond donors (Lipinski definition) is 0. The van der Waals surface area contributed by atoms with Gasteiger partial charge in [-0.1, -0.05) is 0 Å². The summed E-state index contributed by atoms with van der Waals surface area (Å²) < 4.78 is 3.23. The number of hydrogen-bond acceptors (Lipinski definition) is 7. The van der Waals surface area contributed by atoms with Crippen molar-refractivity contribution in [1.29, 1.82) is 0 Å². The van der Waals surface area contributed by atoms with E-state index in [1.807, 2.05) is 25.7 Å². The van der Waals surface area contributed by atoms with Gasteiger partial charge in [0.15, 0.2) is 5.65 Å². The minimum Gasteiger partial charge on any atom is -0.339 e. The number of piperazine rings is 1. The van der Waals surface area contributed by atoms with Crippen molar-refractivity contribution in [1.82, 2.24) is 34.2 Å². The average Bonchev–Trinajstić information content (AvgIpc) is 3.19. The van der Waals surface area contributed by atoms with Crippen LogP contribution < -0.4 is 10.5 Å². The molecule has 30 heavy (non-hydrogen) atoms. The van der Waals surface area contributed by atoms with E-state index in [9.17, 15) is 9.59 Å². The first-order chi connectivity index (χ1) is 14.3. The number of rotatable bonds is 4. The monoisotopic (exact) mass is 410 g/mol. The van der Waals surface area contributed by atoms with Crippen molar-refractivity contribution >= 4 is 22.9 Å². The molecule has 1 aliphatic rings. The first-order valence-corrected chi connectivity index (χ1v) is 10.1. The van der Waals surface area contributed by atoms with Crippen LogP contribution in [0.4, 0.5) is 5.95 Å². The molecule has 1 amide bonds. The molecule has 0 bridgehead atoms. The molecule has 1 saturated heterocycles. The Morgan fingerprint density at radius 1 is 1.07 bits per heavy atom. The number of aryl methyl sites for hydroxylation is 1. The van der Waals surface area contributed by atoms with Gasteiger partial charge in [-0.2, -0.15) is 5.10 Å². The van der Waals surface area contributed by atoms with E-state index in [1.165, 1.54) is 10.9 Å². The Bertz CT molecular complexity index is 1090. The molecule has 0 aliphatic carbocycles. The lowest BCUT2D eigenvalue weighted by Gasteiger charge is -2.34. The molecule has 0 spiro atoms. The van der Waals surface area contributed by atoms with Crippen molar-refractivity contribution < 1.29 is 4.79 Å². The van der Waals surface area contributed by atoms with Gasteiger partial charge in [0.05, 0.1) is 18.1 Å². The Balaban J connectivity index is 1.38. The second-order valence-electron chi connectivity index (χ2n) is 8.37. The summed E-state index contributed by atoms with van der Waals surface area (Å²) in [6.07, 6.45) is 6.75. The highest BCUT2D eigenvalue weighted by molar-refractivity contribution is 5.76. The Hall–Kier alpha value is -3.30. The third-order valence-corrected chi connectivity index (χ3v) is 5.22. The van der Waals surface area contributed by atoms with E-state index in [0.717, 1.165) is 0 Å². The molecule has 0 radical (unpaired) electrons. The Labute approximate surface area is 174 Å². The molecule has 0 unspecified atom stereocenters. The van der Waals surface area contributed by atoms with E-state index in [1.54, 1.807) is 29.3 Å². The van der Waals surface area contributed by atoms with Gasteiger partial charge in [0.2, 0.25) is 11.9 Å². The molecule has 0 N–H and O–H groups in total. The molecule has 158 valence electrons. The third-order valence-electron chi connectivity index (χ3n) is 5.22. The van der Waals surface area contributed by atoms with Crippen molar-refractivity contribution in [3.8, 4) is 0 Å².